The second-order valence-electron chi connectivity index (χ2n) is 4.11. The molecule has 0 aromatic carbocycles. The fraction of sp³-hybridized carbons (Fsp3) is 0.417. The average molecular weight is 235 g/mol. The molecule has 2 unspecified atom stereocenters. The number of hydrogen-bond donors (Lipinski definition) is 2. The number of nitrogens with zero attached hydrogens (tertiary/aromatic N) is 2. The van der Waals surface area contributed by atoms with E-state index in [0.717, 1.165) is 5.56 Å². The first kappa shape index (κ1) is 11.9. The Morgan fingerprint density at radius 1 is 1.59 bits per heavy atom. The first-order valence-electron chi connectivity index (χ1n) is 5.60. The third-order valence-corrected chi connectivity index (χ3v) is 2.71. The van der Waals surface area contributed by atoms with Gasteiger partial charge in [0.2, 0.25) is 0 Å². The SMILES string of the molecule is CC(NCC(O)c1ccco1)c1cnn(C)c1. The molecule has 0 spiro atoms. The van der Waals surface area contributed by atoms with E-state index in [9.17, 15) is 5.11 Å². The van der Waals surface area contributed by atoms with Crippen LogP contribution in [-0.4, -0.2) is 21.4 Å². The summed E-state index contributed by atoms with van der Waals surface area (Å²) >= 11 is 0. The summed E-state index contributed by atoms with van der Waals surface area (Å²) in [6.45, 7) is 2.48. The molecule has 5 heteroatoms. The Morgan fingerprint density at radius 3 is 3.00 bits per heavy atom. The highest BCUT2D eigenvalue weighted by Crippen LogP contribution is 2.15. The Hall–Kier alpha value is -1.59. The van der Waals surface area contributed by atoms with E-state index in [0.29, 0.717) is 12.3 Å². The third-order valence-electron chi connectivity index (χ3n) is 2.71. The fourth-order valence-corrected chi connectivity index (χ4v) is 1.65. The van der Waals surface area contributed by atoms with Crippen molar-refractivity contribution in [1.29, 1.82) is 0 Å². The van der Waals surface area contributed by atoms with Crippen molar-refractivity contribution in [3.8, 4) is 0 Å². The monoisotopic (exact) mass is 235 g/mol. The summed E-state index contributed by atoms with van der Waals surface area (Å²) in [5.41, 5.74) is 1.10. The molecule has 2 aromatic heterocycles. The summed E-state index contributed by atoms with van der Waals surface area (Å²) in [7, 11) is 1.88. The van der Waals surface area contributed by atoms with Crippen LogP contribution in [0.1, 0.15) is 30.4 Å². The first-order chi connectivity index (χ1) is 8.16. The van der Waals surface area contributed by atoms with Gasteiger partial charge in [0.25, 0.3) is 0 Å². The number of aliphatic hydroxyl groups excluding tert-OH is 1. The zero-order chi connectivity index (χ0) is 12.3. The van der Waals surface area contributed by atoms with Gasteiger partial charge in [-0.1, -0.05) is 0 Å². The van der Waals surface area contributed by atoms with Crippen LogP contribution in [0.15, 0.2) is 35.2 Å². The largest absolute Gasteiger partial charge is 0.467 e. The number of aryl methyl sites for hydroxylation is 1. The highest BCUT2D eigenvalue weighted by molar-refractivity contribution is 5.09. The fourth-order valence-electron chi connectivity index (χ4n) is 1.65. The maximum atomic E-state index is 9.83. The summed E-state index contributed by atoms with van der Waals surface area (Å²) in [6, 6.07) is 3.68. The van der Waals surface area contributed by atoms with Gasteiger partial charge in [-0.3, -0.25) is 4.68 Å². The number of nitrogens with one attached hydrogen (secondary N) is 1. The summed E-state index contributed by atoms with van der Waals surface area (Å²) in [6.07, 6.45) is 4.71. The molecule has 2 heterocycles. The van der Waals surface area contributed by atoms with Crippen molar-refractivity contribution in [2.75, 3.05) is 6.54 Å². The zero-order valence-electron chi connectivity index (χ0n) is 10.00. The Morgan fingerprint density at radius 2 is 2.41 bits per heavy atom. The lowest BCUT2D eigenvalue weighted by Crippen LogP contribution is -2.24. The van der Waals surface area contributed by atoms with Gasteiger partial charge in [0.05, 0.1) is 12.5 Å². The molecule has 0 saturated heterocycles. The molecule has 2 aromatic rings. The molecule has 2 rings (SSSR count). The zero-order valence-corrected chi connectivity index (χ0v) is 10.00. The van der Waals surface area contributed by atoms with Crippen molar-refractivity contribution >= 4 is 0 Å². The van der Waals surface area contributed by atoms with Crippen molar-refractivity contribution in [2.45, 2.75) is 19.1 Å². The number of furan rings is 1. The Labute approximate surface area is 100 Å². The van der Waals surface area contributed by atoms with Crippen molar-refractivity contribution in [3.05, 3.63) is 42.1 Å². The summed E-state index contributed by atoms with van der Waals surface area (Å²) in [4.78, 5) is 0. The minimum absolute atomic E-state index is 0.147. The van der Waals surface area contributed by atoms with E-state index in [4.69, 9.17) is 4.42 Å². The average Bonchev–Trinajstić information content (AvgIpc) is 2.95. The van der Waals surface area contributed by atoms with Crippen LogP contribution in [0.3, 0.4) is 0 Å². The molecule has 0 aliphatic heterocycles. The highest BCUT2D eigenvalue weighted by atomic mass is 16.4. The maximum Gasteiger partial charge on any atom is 0.133 e. The Bertz CT molecular complexity index is 450. The maximum absolute atomic E-state index is 9.83. The highest BCUT2D eigenvalue weighted by Gasteiger charge is 2.13. The molecule has 0 fully saturated rings. The van der Waals surface area contributed by atoms with Crippen molar-refractivity contribution in [2.24, 2.45) is 7.05 Å². The van der Waals surface area contributed by atoms with Crippen LogP contribution in [0.25, 0.3) is 0 Å². The number of rotatable bonds is 5. The van der Waals surface area contributed by atoms with E-state index in [1.165, 1.54) is 0 Å². The van der Waals surface area contributed by atoms with E-state index in [-0.39, 0.29) is 6.04 Å². The van der Waals surface area contributed by atoms with Crippen molar-refractivity contribution in [1.82, 2.24) is 15.1 Å². The molecule has 5 nitrogen and oxygen atoms in total. The van der Waals surface area contributed by atoms with Crippen molar-refractivity contribution < 1.29 is 9.52 Å². The van der Waals surface area contributed by atoms with Gasteiger partial charge in [-0.25, -0.2) is 0 Å². The van der Waals surface area contributed by atoms with Crippen LogP contribution in [-0.2, 0) is 7.05 Å². The first-order valence-corrected chi connectivity index (χ1v) is 5.60. The molecule has 0 aliphatic rings. The number of aliphatic hydroxyl groups is 1. The van der Waals surface area contributed by atoms with E-state index in [1.54, 1.807) is 23.1 Å². The van der Waals surface area contributed by atoms with Gasteiger partial charge in [-0.15, -0.1) is 0 Å². The second-order valence-corrected chi connectivity index (χ2v) is 4.11. The summed E-state index contributed by atoms with van der Waals surface area (Å²) < 4.78 is 6.89. The molecule has 2 N–H and O–H groups in total. The minimum Gasteiger partial charge on any atom is -0.467 e. The molecule has 0 saturated carbocycles. The van der Waals surface area contributed by atoms with Gasteiger partial charge in [-0.2, -0.15) is 5.10 Å². The molecule has 2 atom stereocenters. The molecular formula is C12H17N3O2. The second kappa shape index (κ2) is 5.16. The minimum atomic E-state index is -0.621. The molecule has 17 heavy (non-hydrogen) atoms. The smallest absolute Gasteiger partial charge is 0.133 e. The molecular weight excluding hydrogens is 218 g/mol. The molecule has 0 amide bonds. The predicted molar refractivity (Wildman–Crippen MR) is 63.3 cm³/mol. The summed E-state index contributed by atoms with van der Waals surface area (Å²) in [5.74, 6) is 0.580. The van der Waals surface area contributed by atoms with Crippen LogP contribution in [0, 0.1) is 0 Å². The van der Waals surface area contributed by atoms with Gasteiger partial charge in [0, 0.05) is 31.4 Å². The van der Waals surface area contributed by atoms with E-state index >= 15 is 0 Å². The lowest BCUT2D eigenvalue weighted by atomic mass is 10.2. The predicted octanol–water partition coefficient (Wildman–Crippen LogP) is 1.40. The van der Waals surface area contributed by atoms with Crippen molar-refractivity contribution in [3.63, 3.8) is 0 Å². The topological polar surface area (TPSA) is 63.2 Å². The number of aromatic nitrogens is 2. The van der Waals surface area contributed by atoms with E-state index in [1.807, 2.05) is 26.4 Å². The lowest BCUT2D eigenvalue weighted by Gasteiger charge is -2.14. The molecule has 0 aliphatic carbocycles. The Balaban J connectivity index is 1.86. The normalized spacial score (nSPS) is 14.8. The molecule has 0 bridgehead atoms. The van der Waals surface area contributed by atoms with Crippen LogP contribution in [0.5, 0.6) is 0 Å². The quantitative estimate of drug-likeness (QED) is 0.822. The van der Waals surface area contributed by atoms with E-state index < -0.39 is 6.10 Å². The molecule has 92 valence electrons. The van der Waals surface area contributed by atoms with Gasteiger partial charge >= 0.3 is 0 Å². The molecule has 0 radical (unpaired) electrons. The van der Waals surface area contributed by atoms with Crippen LogP contribution >= 0.6 is 0 Å². The van der Waals surface area contributed by atoms with Crippen LogP contribution in [0.4, 0.5) is 0 Å². The van der Waals surface area contributed by atoms with Gasteiger partial charge in [0.1, 0.15) is 11.9 Å². The lowest BCUT2D eigenvalue weighted by molar-refractivity contribution is 0.144. The third kappa shape index (κ3) is 2.95. The van der Waals surface area contributed by atoms with E-state index in [2.05, 4.69) is 10.4 Å². The van der Waals surface area contributed by atoms with Crippen LogP contribution < -0.4 is 5.32 Å². The van der Waals surface area contributed by atoms with Gasteiger partial charge in [0.15, 0.2) is 0 Å². The summed E-state index contributed by atoms with van der Waals surface area (Å²) in [5, 5.41) is 17.2. The van der Waals surface area contributed by atoms with Gasteiger partial charge < -0.3 is 14.8 Å². The number of hydrogen-bond acceptors (Lipinski definition) is 4. The van der Waals surface area contributed by atoms with Crippen LogP contribution in [0.2, 0.25) is 0 Å². The Kier molecular flexibility index (Phi) is 3.61. The standard InChI is InChI=1S/C12H17N3O2/c1-9(10-6-14-15(2)8-10)13-7-11(16)12-4-3-5-17-12/h3-6,8-9,11,13,16H,7H2,1-2H3. The van der Waals surface area contributed by atoms with Gasteiger partial charge in [-0.05, 0) is 19.1 Å².